The Balaban J connectivity index is 1.68. The molecule has 0 fully saturated rings. The van der Waals surface area contributed by atoms with Crippen LogP contribution >= 0.6 is 11.6 Å². The van der Waals surface area contributed by atoms with E-state index in [1.807, 2.05) is 0 Å². The smallest absolute Gasteiger partial charge is 0.336 e. The van der Waals surface area contributed by atoms with Crippen LogP contribution in [-0.4, -0.2) is 46.2 Å². The highest BCUT2D eigenvalue weighted by molar-refractivity contribution is 6.30. The first-order valence-electron chi connectivity index (χ1n) is 11.0. The van der Waals surface area contributed by atoms with Crippen molar-refractivity contribution < 1.29 is 33.7 Å². The molecule has 8 nitrogen and oxygen atoms in total. The summed E-state index contributed by atoms with van der Waals surface area (Å²) >= 11 is 5.75. The number of carboxylic acids is 1. The molecule has 188 valence electrons. The molecule has 0 spiro atoms. The van der Waals surface area contributed by atoms with Crippen molar-refractivity contribution in [3.05, 3.63) is 94.4 Å². The van der Waals surface area contributed by atoms with E-state index in [9.17, 15) is 29.0 Å². The summed E-state index contributed by atoms with van der Waals surface area (Å²) in [4.78, 5) is 41.7. The molecule has 0 saturated carbocycles. The molecule has 1 aromatic heterocycles. The fraction of sp³-hybridized carbons (Fsp3) is 0.111. The summed E-state index contributed by atoms with van der Waals surface area (Å²) in [6.07, 6.45) is 0.0685. The van der Waals surface area contributed by atoms with Gasteiger partial charge in [-0.2, -0.15) is 0 Å². The molecule has 4 rings (SSSR count). The third-order valence-corrected chi connectivity index (χ3v) is 6.00. The number of nitrogens with zero attached hydrogens (tertiary/aromatic N) is 1. The van der Waals surface area contributed by atoms with Crippen LogP contribution in [0.1, 0.15) is 26.4 Å². The van der Waals surface area contributed by atoms with Crippen LogP contribution < -0.4 is 5.32 Å². The number of carboxylic acid groups (broad SMARTS) is 1. The minimum Gasteiger partial charge on any atom is -0.508 e. The molecule has 0 aliphatic heterocycles. The van der Waals surface area contributed by atoms with Gasteiger partial charge in [0.25, 0.3) is 5.91 Å². The molecule has 37 heavy (non-hydrogen) atoms. The summed E-state index contributed by atoms with van der Waals surface area (Å²) in [5, 5.41) is 22.0. The van der Waals surface area contributed by atoms with Gasteiger partial charge in [0.05, 0.1) is 23.2 Å². The Kier molecular flexibility index (Phi) is 7.35. The number of aromatic hydroxyl groups is 1. The molecule has 10 heteroatoms. The Morgan fingerprint density at radius 1 is 1.03 bits per heavy atom. The molecular weight excluding hydrogens is 503 g/mol. The molecular formula is C27H20ClFN2O6. The lowest BCUT2D eigenvalue weighted by Crippen LogP contribution is -2.43. The number of carbonyl (C=O) groups is 3. The number of benzene rings is 3. The van der Waals surface area contributed by atoms with Crippen LogP contribution in [0.4, 0.5) is 4.39 Å². The number of fused-ring (bicyclic) bond motifs is 1. The number of hydrogen-bond acceptors (Lipinski definition) is 6. The predicted molar refractivity (Wildman–Crippen MR) is 134 cm³/mol. The zero-order valence-electron chi connectivity index (χ0n) is 19.4. The molecule has 0 saturated heterocycles. The number of halogens is 2. The average molecular weight is 523 g/mol. The average Bonchev–Trinajstić information content (AvgIpc) is 2.89. The number of ether oxygens (including phenoxy) is 1. The summed E-state index contributed by atoms with van der Waals surface area (Å²) < 4.78 is 18.7. The van der Waals surface area contributed by atoms with Crippen LogP contribution in [0.3, 0.4) is 0 Å². The van der Waals surface area contributed by atoms with Crippen LogP contribution in [0.25, 0.3) is 22.0 Å². The number of hydrogen-bond donors (Lipinski definition) is 3. The molecule has 0 aliphatic rings. The van der Waals surface area contributed by atoms with Gasteiger partial charge in [0, 0.05) is 11.8 Å². The van der Waals surface area contributed by atoms with Gasteiger partial charge in [0.15, 0.2) is 0 Å². The number of amides is 1. The number of phenols is 1. The third kappa shape index (κ3) is 5.68. The first-order valence-corrected chi connectivity index (χ1v) is 11.3. The zero-order valence-corrected chi connectivity index (χ0v) is 20.1. The van der Waals surface area contributed by atoms with E-state index in [0.29, 0.717) is 16.7 Å². The van der Waals surface area contributed by atoms with Crippen LogP contribution in [0, 0.1) is 5.82 Å². The first-order chi connectivity index (χ1) is 17.7. The number of aromatic carboxylic acids is 1. The normalized spacial score (nSPS) is 11.6. The van der Waals surface area contributed by atoms with Gasteiger partial charge in [0.1, 0.15) is 23.3 Å². The predicted octanol–water partition coefficient (Wildman–Crippen LogP) is 4.61. The van der Waals surface area contributed by atoms with Crippen LogP contribution in [0.2, 0.25) is 5.02 Å². The molecule has 1 amide bonds. The topological polar surface area (TPSA) is 126 Å². The summed E-state index contributed by atoms with van der Waals surface area (Å²) in [6.45, 7) is 0. The Hall–Kier alpha value is -4.50. The van der Waals surface area contributed by atoms with E-state index in [0.717, 1.165) is 6.07 Å². The van der Waals surface area contributed by atoms with Gasteiger partial charge < -0.3 is 20.3 Å². The molecule has 3 N–H and O–H groups in total. The maximum absolute atomic E-state index is 13.9. The fourth-order valence-corrected chi connectivity index (χ4v) is 3.93. The maximum atomic E-state index is 13.9. The number of rotatable bonds is 7. The van der Waals surface area contributed by atoms with Crippen molar-refractivity contribution in [1.29, 1.82) is 0 Å². The lowest BCUT2D eigenvalue weighted by atomic mass is 10.00. The van der Waals surface area contributed by atoms with Gasteiger partial charge >= 0.3 is 11.9 Å². The lowest BCUT2D eigenvalue weighted by Gasteiger charge is -2.17. The summed E-state index contributed by atoms with van der Waals surface area (Å²) in [6, 6.07) is 15.0. The Morgan fingerprint density at radius 3 is 2.35 bits per heavy atom. The number of pyridine rings is 1. The maximum Gasteiger partial charge on any atom is 0.336 e. The number of esters is 1. The molecule has 1 atom stereocenters. The number of aromatic nitrogens is 1. The van der Waals surface area contributed by atoms with E-state index in [4.69, 9.17) is 16.3 Å². The second-order valence-corrected chi connectivity index (χ2v) is 8.55. The highest BCUT2D eigenvalue weighted by Crippen LogP contribution is 2.29. The van der Waals surface area contributed by atoms with Crippen molar-refractivity contribution in [3.63, 3.8) is 0 Å². The molecule has 0 aliphatic carbocycles. The highest BCUT2D eigenvalue weighted by Gasteiger charge is 2.25. The quantitative estimate of drug-likeness (QED) is 0.302. The van der Waals surface area contributed by atoms with Crippen molar-refractivity contribution in [3.8, 4) is 16.9 Å². The highest BCUT2D eigenvalue weighted by atomic mass is 35.5. The monoisotopic (exact) mass is 522 g/mol. The lowest BCUT2D eigenvalue weighted by molar-refractivity contribution is -0.142. The summed E-state index contributed by atoms with van der Waals surface area (Å²) in [7, 11) is 1.18. The zero-order chi connectivity index (χ0) is 26.7. The van der Waals surface area contributed by atoms with Gasteiger partial charge in [-0.05, 0) is 59.2 Å². The molecule has 0 bridgehead atoms. The minimum absolute atomic E-state index is 0.0382. The second kappa shape index (κ2) is 10.6. The number of methoxy groups -OCH3 is 1. The molecule has 4 aromatic rings. The van der Waals surface area contributed by atoms with Crippen molar-refractivity contribution >= 4 is 40.3 Å². The van der Waals surface area contributed by atoms with Gasteiger partial charge in [0.2, 0.25) is 0 Å². The van der Waals surface area contributed by atoms with E-state index in [1.165, 1.54) is 43.5 Å². The molecule has 0 radical (unpaired) electrons. The van der Waals surface area contributed by atoms with Crippen LogP contribution in [-0.2, 0) is 16.0 Å². The Bertz CT molecular complexity index is 1520. The van der Waals surface area contributed by atoms with E-state index < -0.39 is 29.7 Å². The molecule has 1 unspecified atom stereocenters. The van der Waals surface area contributed by atoms with Gasteiger partial charge in [-0.15, -0.1) is 0 Å². The van der Waals surface area contributed by atoms with E-state index in [2.05, 4.69) is 10.3 Å². The summed E-state index contributed by atoms with van der Waals surface area (Å²) in [5.74, 6) is -3.35. The van der Waals surface area contributed by atoms with Crippen molar-refractivity contribution in [2.75, 3.05) is 7.11 Å². The van der Waals surface area contributed by atoms with Crippen LogP contribution in [0.15, 0.2) is 66.7 Å². The molecule has 1 heterocycles. The van der Waals surface area contributed by atoms with Gasteiger partial charge in [-0.25, -0.2) is 19.0 Å². The largest absolute Gasteiger partial charge is 0.508 e. The van der Waals surface area contributed by atoms with E-state index >= 15 is 0 Å². The van der Waals surface area contributed by atoms with Crippen molar-refractivity contribution in [2.24, 2.45) is 0 Å². The van der Waals surface area contributed by atoms with E-state index in [-0.39, 0.29) is 39.4 Å². The van der Waals surface area contributed by atoms with Gasteiger partial charge in [-0.3, -0.25) is 4.79 Å². The standard InChI is InChI=1S/C27H20ClFN2O6/c1-37-27(36)24(10-14-2-6-17(32)7-3-14)31-25(33)23-13-19(26(34)35)18-11-15(5-9-22(18)30-23)16-4-8-20(28)21(29)12-16/h2-9,11-13,24,32H,10H2,1H3,(H,31,33)(H,34,35). The second-order valence-electron chi connectivity index (χ2n) is 8.14. The summed E-state index contributed by atoms with van der Waals surface area (Å²) in [5.41, 5.74) is 1.48. The van der Waals surface area contributed by atoms with Crippen LogP contribution in [0.5, 0.6) is 5.75 Å². The first kappa shape index (κ1) is 25.6. The SMILES string of the molecule is COC(=O)C(Cc1ccc(O)cc1)NC(=O)c1cc(C(=O)O)c2cc(-c3ccc(Cl)c(F)c3)ccc2n1. The minimum atomic E-state index is -1.30. The Labute approximate surface area is 215 Å². The number of nitrogens with one attached hydrogen (secondary N) is 1. The van der Waals surface area contributed by atoms with Gasteiger partial charge in [-0.1, -0.05) is 35.9 Å². The van der Waals surface area contributed by atoms with Crippen molar-refractivity contribution in [2.45, 2.75) is 12.5 Å². The van der Waals surface area contributed by atoms with E-state index in [1.54, 1.807) is 24.3 Å². The third-order valence-electron chi connectivity index (χ3n) is 5.69. The fourth-order valence-electron chi connectivity index (χ4n) is 3.81. The Morgan fingerprint density at radius 2 is 1.70 bits per heavy atom. The van der Waals surface area contributed by atoms with Crippen molar-refractivity contribution in [1.82, 2.24) is 10.3 Å². The molecule has 3 aromatic carbocycles. The number of carbonyl (C=O) groups excluding carboxylic acids is 2. The number of phenolic OH excluding ortho intramolecular Hbond substituents is 1.